The summed E-state index contributed by atoms with van der Waals surface area (Å²) in [7, 11) is 0. The number of ether oxygens (including phenoxy) is 1. The van der Waals surface area contributed by atoms with Crippen molar-refractivity contribution >= 4 is 23.2 Å². The maximum atomic E-state index is 12.8. The standard InChI is InChI=1S/C16H14N2O5/c1-15-6-7-16(2,23-15)12-11(15)13(19)17(14(12)20)9-4-3-5-10(8-9)18(21)22/h3-8,11-12H,1-2H3/t11-,12-,15-,16+/m1/s1. The van der Waals surface area contributed by atoms with Crippen molar-refractivity contribution in [3.8, 4) is 0 Å². The van der Waals surface area contributed by atoms with Crippen molar-refractivity contribution in [1.29, 1.82) is 0 Å². The van der Waals surface area contributed by atoms with Gasteiger partial charge in [0.05, 0.1) is 33.6 Å². The monoisotopic (exact) mass is 314 g/mol. The Morgan fingerprint density at radius 3 is 2.22 bits per heavy atom. The largest absolute Gasteiger partial charge is 0.359 e. The molecule has 3 aliphatic rings. The van der Waals surface area contributed by atoms with Gasteiger partial charge in [-0.3, -0.25) is 19.7 Å². The first-order chi connectivity index (χ1) is 10.8. The third-order valence-corrected chi connectivity index (χ3v) is 5.03. The molecule has 7 heteroatoms. The molecule has 0 saturated carbocycles. The van der Waals surface area contributed by atoms with Crippen LogP contribution in [-0.4, -0.2) is 27.9 Å². The van der Waals surface area contributed by atoms with Crippen molar-refractivity contribution in [3.05, 3.63) is 46.5 Å². The maximum Gasteiger partial charge on any atom is 0.271 e. The normalized spacial score (nSPS) is 37.6. The Labute approximate surface area is 131 Å². The van der Waals surface area contributed by atoms with Crippen LogP contribution in [-0.2, 0) is 14.3 Å². The van der Waals surface area contributed by atoms with Gasteiger partial charge in [-0.15, -0.1) is 0 Å². The van der Waals surface area contributed by atoms with E-state index in [2.05, 4.69) is 0 Å². The van der Waals surface area contributed by atoms with E-state index in [0.29, 0.717) is 0 Å². The second-order valence-electron chi connectivity index (χ2n) is 6.55. The highest BCUT2D eigenvalue weighted by atomic mass is 16.6. The number of non-ortho nitro benzene ring substituents is 1. The van der Waals surface area contributed by atoms with Crippen molar-refractivity contribution in [3.63, 3.8) is 0 Å². The molecule has 1 aromatic carbocycles. The SMILES string of the molecule is C[C@]12C=C[C@](C)(O1)[C@H]1C(=O)N(c3cccc([N+](=O)[O-])c3)C(=O)[C@@H]12. The Bertz CT molecular complexity index is 767. The topological polar surface area (TPSA) is 89.8 Å². The number of hydrogen-bond donors (Lipinski definition) is 0. The fourth-order valence-electron chi connectivity index (χ4n) is 4.03. The zero-order chi connectivity index (χ0) is 16.6. The van der Waals surface area contributed by atoms with Crippen LogP contribution in [0.4, 0.5) is 11.4 Å². The Morgan fingerprint density at radius 1 is 1.13 bits per heavy atom. The molecule has 2 saturated heterocycles. The lowest BCUT2D eigenvalue weighted by Crippen LogP contribution is -2.39. The molecule has 0 spiro atoms. The highest BCUT2D eigenvalue weighted by Crippen LogP contribution is 2.57. The summed E-state index contributed by atoms with van der Waals surface area (Å²) in [6, 6.07) is 5.57. The number of carbonyl (C=O) groups is 2. The van der Waals surface area contributed by atoms with Crippen molar-refractivity contribution in [2.24, 2.45) is 11.8 Å². The van der Waals surface area contributed by atoms with Crippen LogP contribution < -0.4 is 4.90 Å². The van der Waals surface area contributed by atoms with E-state index in [-0.39, 0.29) is 23.2 Å². The van der Waals surface area contributed by atoms with Crippen molar-refractivity contribution in [1.82, 2.24) is 0 Å². The lowest BCUT2D eigenvalue weighted by Gasteiger charge is -2.25. The number of hydrogen-bond acceptors (Lipinski definition) is 5. The molecule has 3 aliphatic heterocycles. The van der Waals surface area contributed by atoms with Gasteiger partial charge < -0.3 is 4.74 Å². The Balaban J connectivity index is 1.79. The first-order valence-corrected chi connectivity index (χ1v) is 7.30. The number of imide groups is 1. The molecule has 118 valence electrons. The van der Waals surface area contributed by atoms with E-state index in [0.717, 1.165) is 4.90 Å². The quantitative estimate of drug-likeness (QED) is 0.359. The lowest BCUT2D eigenvalue weighted by atomic mass is 9.73. The Kier molecular flexibility index (Phi) is 2.48. The van der Waals surface area contributed by atoms with E-state index in [1.165, 1.54) is 24.3 Å². The zero-order valence-electron chi connectivity index (χ0n) is 12.6. The van der Waals surface area contributed by atoms with E-state index in [9.17, 15) is 19.7 Å². The van der Waals surface area contributed by atoms with Gasteiger partial charge in [0.15, 0.2) is 0 Å². The lowest BCUT2D eigenvalue weighted by molar-refractivity contribution is -0.384. The molecular formula is C16H14N2O5. The molecule has 0 unspecified atom stereocenters. The first kappa shape index (κ1) is 14.1. The summed E-state index contributed by atoms with van der Waals surface area (Å²) in [4.78, 5) is 37.1. The minimum Gasteiger partial charge on any atom is -0.359 e. The van der Waals surface area contributed by atoms with E-state index in [4.69, 9.17) is 4.74 Å². The minimum atomic E-state index is -0.804. The van der Waals surface area contributed by atoms with Crippen LogP contribution in [0.25, 0.3) is 0 Å². The number of nitro groups is 1. The van der Waals surface area contributed by atoms with Crippen LogP contribution in [0.1, 0.15) is 13.8 Å². The molecule has 0 aliphatic carbocycles. The van der Waals surface area contributed by atoms with Gasteiger partial charge in [-0.05, 0) is 19.9 Å². The molecule has 0 aromatic heterocycles. The molecule has 7 nitrogen and oxygen atoms in total. The van der Waals surface area contributed by atoms with Crippen LogP contribution in [0.15, 0.2) is 36.4 Å². The Morgan fingerprint density at radius 2 is 1.70 bits per heavy atom. The molecule has 2 amide bonds. The minimum absolute atomic E-state index is 0.157. The summed E-state index contributed by atoms with van der Waals surface area (Å²) >= 11 is 0. The molecule has 0 radical (unpaired) electrons. The van der Waals surface area contributed by atoms with E-state index >= 15 is 0 Å². The number of rotatable bonds is 2. The van der Waals surface area contributed by atoms with Crippen LogP contribution in [0.2, 0.25) is 0 Å². The number of carbonyl (C=O) groups excluding carboxylic acids is 2. The van der Waals surface area contributed by atoms with Gasteiger partial charge in [0.2, 0.25) is 11.8 Å². The van der Waals surface area contributed by atoms with Gasteiger partial charge in [-0.25, -0.2) is 4.90 Å². The highest BCUT2D eigenvalue weighted by Gasteiger charge is 2.70. The van der Waals surface area contributed by atoms with Crippen molar-refractivity contribution in [2.45, 2.75) is 25.0 Å². The molecule has 1 aromatic rings. The Hall–Kier alpha value is -2.54. The molecular weight excluding hydrogens is 300 g/mol. The average molecular weight is 314 g/mol. The van der Waals surface area contributed by atoms with Gasteiger partial charge in [0.25, 0.3) is 5.69 Å². The number of amides is 2. The second-order valence-corrected chi connectivity index (χ2v) is 6.55. The third-order valence-electron chi connectivity index (χ3n) is 5.03. The van der Waals surface area contributed by atoms with E-state index in [1.54, 1.807) is 13.8 Å². The predicted molar refractivity (Wildman–Crippen MR) is 79.6 cm³/mol. The first-order valence-electron chi connectivity index (χ1n) is 7.30. The predicted octanol–water partition coefficient (Wildman–Crippen LogP) is 1.82. The summed E-state index contributed by atoms with van der Waals surface area (Å²) in [6.07, 6.45) is 3.66. The summed E-state index contributed by atoms with van der Waals surface area (Å²) < 4.78 is 5.91. The maximum absolute atomic E-state index is 12.8. The van der Waals surface area contributed by atoms with Crippen LogP contribution in [0, 0.1) is 22.0 Å². The molecule has 23 heavy (non-hydrogen) atoms. The average Bonchev–Trinajstić information content (AvgIpc) is 3.04. The van der Waals surface area contributed by atoms with E-state index in [1.807, 2.05) is 12.2 Å². The number of nitro benzene ring substituents is 1. The third kappa shape index (κ3) is 1.62. The molecule has 0 N–H and O–H groups in total. The van der Waals surface area contributed by atoms with Crippen LogP contribution in [0.5, 0.6) is 0 Å². The fraction of sp³-hybridized carbons (Fsp3) is 0.375. The van der Waals surface area contributed by atoms with Gasteiger partial charge in [0, 0.05) is 12.1 Å². The number of benzene rings is 1. The van der Waals surface area contributed by atoms with E-state index < -0.39 is 28.0 Å². The van der Waals surface area contributed by atoms with Gasteiger partial charge >= 0.3 is 0 Å². The second kappa shape index (κ2) is 4.05. The number of nitrogens with zero attached hydrogens (tertiary/aromatic N) is 2. The van der Waals surface area contributed by atoms with Crippen molar-refractivity contribution < 1.29 is 19.2 Å². The van der Waals surface area contributed by atoms with Gasteiger partial charge in [0.1, 0.15) is 0 Å². The van der Waals surface area contributed by atoms with Crippen LogP contribution in [0.3, 0.4) is 0 Å². The fourth-order valence-corrected chi connectivity index (χ4v) is 4.03. The summed E-state index contributed by atoms with van der Waals surface area (Å²) in [5.41, 5.74) is -1.53. The summed E-state index contributed by atoms with van der Waals surface area (Å²) in [5.74, 6) is -1.92. The molecule has 4 atom stereocenters. The molecule has 2 fully saturated rings. The molecule has 4 rings (SSSR count). The van der Waals surface area contributed by atoms with Crippen molar-refractivity contribution in [2.75, 3.05) is 4.90 Å². The van der Waals surface area contributed by atoms with Crippen LogP contribution >= 0.6 is 0 Å². The molecule has 2 bridgehead atoms. The molecule has 3 heterocycles. The van der Waals surface area contributed by atoms with Gasteiger partial charge in [-0.2, -0.15) is 0 Å². The number of fused-ring (bicyclic) bond motifs is 5. The highest BCUT2D eigenvalue weighted by molar-refractivity contribution is 6.23. The summed E-state index contributed by atoms with van der Waals surface area (Å²) in [5, 5.41) is 10.9. The van der Waals surface area contributed by atoms with Gasteiger partial charge in [-0.1, -0.05) is 18.2 Å². The smallest absolute Gasteiger partial charge is 0.271 e. The summed E-state index contributed by atoms with van der Waals surface area (Å²) in [6.45, 7) is 3.59. The zero-order valence-corrected chi connectivity index (χ0v) is 12.6. The number of anilines is 1.